The van der Waals surface area contributed by atoms with Crippen molar-refractivity contribution in [2.45, 2.75) is 25.2 Å². The summed E-state index contributed by atoms with van der Waals surface area (Å²) in [5.41, 5.74) is 5.82. The highest BCUT2D eigenvalue weighted by molar-refractivity contribution is 9.10. The molecular formula is C10H12BrN3O. The molecule has 1 aromatic rings. The summed E-state index contributed by atoms with van der Waals surface area (Å²) in [6, 6.07) is 0. The number of aromatic nitrogens is 2. The van der Waals surface area contributed by atoms with Gasteiger partial charge >= 0.3 is 0 Å². The summed E-state index contributed by atoms with van der Waals surface area (Å²) in [6.07, 6.45) is 4.25. The summed E-state index contributed by atoms with van der Waals surface area (Å²) < 4.78 is 0.658. The van der Waals surface area contributed by atoms with Crippen LogP contribution in [0.3, 0.4) is 0 Å². The number of rotatable bonds is 4. The Balaban J connectivity index is 2.27. The van der Waals surface area contributed by atoms with Gasteiger partial charge in [-0.25, -0.2) is 9.97 Å². The number of halogens is 1. The Hall–Kier alpha value is -0.810. The summed E-state index contributed by atoms with van der Waals surface area (Å²) in [7, 11) is 0. The molecule has 15 heavy (non-hydrogen) atoms. The largest absolute Gasteiger partial charge is 0.330 e. The normalized spacial score (nSPS) is 15.3. The number of carbonyl (C=O) groups excluding carboxylic acids is 1. The van der Waals surface area contributed by atoms with Crippen LogP contribution in [-0.4, -0.2) is 22.3 Å². The van der Waals surface area contributed by atoms with Crippen LogP contribution in [0.1, 0.15) is 41.5 Å². The van der Waals surface area contributed by atoms with Gasteiger partial charge in [-0.1, -0.05) is 0 Å². The minimum Gasteiger partial charge on any atom is -0.330 e. The van der Waals surface area contributed by atoms with Crippen LogP contribution >= 0.6 is 15.9 Å². The van der Waals surface area contributed by atoms with Crippen LogP contribution in [0, 0.1) is 0 Å². The van der Waals surface area contributed by atoms with Crippen LogP contribution in [0.25, 0.3) is 0 Å². The SMILES string of the molecule is NCCC(=O)c1nc(C2CC2)ncc1Br. The first-order valence-electron chi connectivity index (χ1n) is 4.98. The lowest BCUT2D eigenvalue weighted by Gasteiger charge is -2.03. The molecule has 2 N–H and O–H groups in total. The summed E-state index contributed by atoms with van der Waals surface area (Å²) in [6.45, 7) is 0.355. The van der Waals surface area contributed by atoms with Gasteiger partial charge in [0.25, 0.3) is 0 Å². The predicted molar refractivity (Wildman–Crippen MR) is 59.7 cm³/mol. The summed E-state index contributed by atoms with van der Waals surface area (Å²) in [5.74, 6) is 1.23. The average Bonchev–Trinajstić information content (AvgIpc) is 3.02. The van der Waals surface area contributed by atoms with E-state index in [-0.39, 0.29) is 5.78 Å². The maximum atomic E-state index is 11.7. The van der Waals surface area contributed by atoms with E-state index in [9.17, 15) is 4.79 Å². The van der Waals surface area contributed by atoms with E-state index < -0.39 is 0 Å². The van der Waals surface area contributed by atoms with Gasteiger partial charge in [-0.05, 0) is 35.3 Å². The van der Waals surface area contributed by atoms with Crippen molar-refractivity contribution in [3.63, 3.8) is 0 Å². The molecule has 0 bridgehead atoms. The molecule has 80 valence electrons. The third kappa shape index (κ3) is 2.41. The molecule has 0 saturated heterocycles. The lowest BCUT2D eigenvalue weighted by Crippen LogP contribution is -2.12. The second kappa shape index (κ2) is 4.37. The minimum absolute atomic E-state index is 0.0197. The zero-order valence-electron chi connectivity index (χ0n) is 8.24. The smallest absolute Gasteiger partial charge is 0.183 e. The Bertz CT molecular complexity index is 390. The van der Waals surface area contributed by atoms with Crippen LogP contribution in [0.2, 0.25) is 0 Å². The monoisotopic (exact) mass is 269 g/mol. The molecule has 1 aromatic heterocycles. The van der Waals surface area contributed by atoms with Crippen molar-refractivity contribution in [3.05, 3.63) is 22.2 Å². The van der Waals surface area contributed by atoms with E-state index in [1.165, 1.54) is 0 Å². The van der Waals surface area contributed by atoms with E-state index in [1.807, 2.05) is 0 Å². The highest BCUT2D eigenvalue weighted by atomic mass is 79.9. The van der Waals surface area contributed by atoms with Crippen molar-refractivity contribution < 1.29 is 4.79 Å². The van der Waals surface area contributed by atoms with Crippen LogP contribution in [-0.2, 0) is 0 Å². The topological polar surface area (TPSA) is 68.9 Å². The molecule has 0 spiro atoms. The second-order valence-corrected chi connectivity index (χ2v) is 4.52. The number of hydrogen-bond acceptors (Lipinski definition) is 4. The third-order valence-corrected chi connectivity index (χ3v) is 2.92. The van der Waals surface area contributed by atoms with E-state index in [0.717, 1.165) is 18.7 Å². The zero-order valence-corrected chi connectivity index (χ0v) is 9.83. The summed E-state index contributed by atoms with van der Waals surface area (Å²) in [4.78, 5) is 20.2. The highest BCUT2D eigenvalue weighted by Crippen LogP contribution is 2.38. The molecule has 1 heterocycles. The molecule has 4 nitrogen and oxygen atoms in total. The van der Waals surface area contributed by atoms with E-state index >= 15 is 0 Å². The Morgan fingerprint density at radius 1 is 1.60 bits per heavy atom. The fourth-order valence-electron chi connectivity index (χ4n) is 1.36. The Morgan fingerprint density at radius 2 is 2.33 bits per heavy atom. The molecule has 1 aliphatic rings. The quantitative estimate of drug-likeness (QED) is 0.844. The van der Waals surface area contributed by atoms with Crippen molar-refractivity contribution in [2.24, 2.45) is 5.73 Å². The van der Waals surface area contributed by atoms with Gasteiger partial charge in [0.15, 0.2) is 5.78 Å². The van der Waals surface area contributed by atoms with Crippen molar-refractivity contribution in [2.75, 3.05) is 6.54 Å². The molecule has 0 atom stereocenters. The lowest BCUT2D eigenvalue weighted by molar-refractivity contribution is 0.0979. The second-order valence-electron chi connectivity index (χ2n) is 3.66. The third-order valence-electron chi connectivity index (χ3n) is 2.34. The first-order valence-corrected chi connectivity index (χ1v) is 5.77. The van der Waals surface area contributed by atoms with Gasteiger partial charge in [-0.15, -0.1) is 0 Å². The standard InChI is InChI=1S/C10H12BrN3O/c11-7-5-13-10(6-1-2-6)14-9(7)8(15)3-4-12/h5-6H,1-4,12H2. The number of nitrogens with two attached hydrogens (primary N) is 1. The molecule has 1 saturated carbocycles. The minimum atomic E-state index is -0.0197. The van der Waals surface area contributed by atoms with Crippen LogP contribution < -0.4 is 5.73 Å². The first kappa shape index (κ1) is 10.7. The number of hydrogen-bond donors (Lipinski definition) is 1. The Morgan fingerprint density at radius 3 is 2.93 bits per heavy atom. The number of ketones is 1. The molecule has 0 unspecified atom stereocenters. The molecule has 5 heteroatoms. The van der Waals surface area contributed by atoms with E-state index in [1.54, 1.807) is 6.20 Å². The van der Waals surface area contributed by atoms with Crippen LogP contribution in [0.4, 0.5) is 0 Å². The Labute approximate surface area is 96.4 Å². The first-order chi connectivity index (χ1) is 7.22. The molecule has 2 rings (SSSR count). The van der Waals surface area contributed by atoms with E-state index in [4.69, 9.17) is 5.73 Å². The summed E-state index contributed by atoms with van der Waals surface area (Å²) >= 11 is 3.28. The zero-order chi connectivity index (χ0) is 10.8. The van der Waals surface area contributed by atoms with Crippen molar-refractivity contribution in [1.29, 1.82) is 0 Å². The van der Waals surface area contributed by atoms with Gasteiger partial charge in [0.05, 0.1) is 4.47 Å². The van der Waals surface area contributed by atoms with Gasteiger partial charge in [-0.2, -0.15) is 0 Å². The average molecular weight is 270 g/mol. The van der Waals surface area contributed by atoms with Crippen molar-refractivity contribution >= 4 is 21.7 Å². The molecule has 0 aliphatic heterocycles. The molecule has 0 radical (unpaired) electrons. The van der Waals surface area contributed by atoms with Crippen molar-refractivity contribution in [3.8, 4) is 0 Å². The van der Waals surface area contributed by atoms with Gasteiger partial charge in [0.1, 0.15) is 11.5 Å². The van der Waals surface area contributed by atoms with Crippen LogP contribution in [0.5, 0.6) is 0 Å². The van der Waals surface area contributed by atoms with Crippen molar-refractivity contribution in [1.82, 2.24) is 9.97 Å². The lowest BCUT2D eigenvalue weighted by atomic mass is 10.2. The molecular weight excluding hydrogens is 258 g/mol. The van der Waals surface area contributed by atoms with Gasteiger partial charge in [0.2, 0.25) is 0 Å². The van der Waals surface area contributed by atoms with Crippen LogP contribution in [0.15, 0.2) is 10.7 Å². The molecule has 0 amide bonds. The number of carbonyl (C=O) groups is 1. The maximum absolute atomic E-state index is 11.7. The van der Waals surface area contributed by atoms with Gasteiger partial charge in [-0.3, -0.25) is 4.79 Å². The number of Topliss-reactive ketones (excluding diaryl/α,β-unsaturated/α-hetero) is 1. The number of nitrogens with zero attached hydrogens (tertiary/aromatic N) is 2. The predicted octanol–water partition coefficient (Wildman–Crippen LogP) is 1.65. The van der Waals surface area contributed by atoms with E-state index in [2.05, 4.69) is 25.9 Å². The highest BCUT2D eigenvalue weighted by Gasteiger charge is 2.27. The van der Waals surface area contributed by atoms with E-state index in [0.29, 0.717) is 29.1 Å². The molecule has 1 aliphatic carbocycles. The van der Waals surface area contributed by atoms with Gasteiger partial charge < -0.3 is 5.73 Å². The summed E-state index contributed by atoms with van der Waals surface area (Å²) in [5, 5.41) is 0. The molecule has 1 fully saturated rings. The molecule has 0 aromatic carbocycles. The maximum Gasteiger partial charge on any atom is 0.183 e. The Kier molecular flexibility index (Phi) is 3.11. The fourth-order valence-corrected chi connectivity index (χ4v) is 1.78. The fraction of sp³-hybridized carbons (Fsp3) is 0.500. The van der Waals surface area contributed by atoms with Gasteiger partial charge in [0, 0.05) is 18.5 Å².